The molecular formula is C21H24BrClN2O3. The van der Waals surface area contributed by atoms with E-state index in [2.05, 4.69) is 21.2 Å². The molecule has 0 fully saturated rings. The molecule has 2 amide bonds. The highest BCUT2D eigenvalue weighted by Crippen LogP contribution is 2.18. The smallest absolute Gasteiger partial charge is 0.242 e. The molecule has 150 valence electrons. The second-order valence-electron chi connectivity index (χ2n) is 6.35. The second-order valence-corrected chi connectivity index (χ2v) is 7.70. The molecule has 28 heavy (non-hydrogen) atoms. The number of carbonyl (C=O) groups excluding carboxylic acids is 2. The molecule has 0 aliphatic rings. The fourth-order valence-corrected chi connectivity index (χ4v) is 3.28. The normalized spacial score (nSPS) is 11.6. The quantitative estimate of drug-likeness (QED) is 0.555. The Morgan fingerprint density at radius 1 is 1.21 bits per heavy atom. The number of nitrogens with zero attached hydrogens (tertiary/aromatic N) is 1. The molecule has 2 rings (SSSR count). The highest BCUT2D eigenvalue weighted by molar-refractivity contribution is 9.10. The molecular weight excluding hydrogens is 444 g/mol. The van der Waals surface area contributed by atoms with Gasteiger partial charge >= 0.3 is 0 Å². The zero-order chi connectivity index (χ0) is 20.5. The van der Waals surface area contributed by atoms with Crippen molar-refractivity contribution in [1.29, 1.82) is 0 Å². The summed E-state index contributed by atoms with van der Waals surface area (Å²) in [6, 6.07) is 14.2. The molecule has 0 spiro atoms. The van der Waals surface area contributed by atoms with Gasteiger partial charge in [-0.15, -0.1) is 0 Å². The molecule has 0 saturated carbocycles. The SMILES string of the molecule is CNC(=O)C(C)N(Cc1cccc(Br)c1)C(=O)CCCOc1ccc(Cl)cc1. The number of likely N-dealkylation sites (N-methyl/N-ethyl adjacent to an activating group) is 1. The first-order valence-corrected chi connectivity index (χ1v) is 10.2. The van der Waals surface area contributed by atoms with E-state index in [1.165, 1.54) is 0 Å². The third-order valence-electron chi connectivity index (χ3n) is 4.27. The van der Waals surface area contributed by atoms with Crippen molar-refractivity contribution < 1.29 is 14.3 Å². The summed E-state index contributed by atoms with van der Waals surface area (Å²) in [5.74, 6) is 0.429. The standard InChI is InChI=1S/C21H24BrClN2O3/c1-15(21(27)24-2)25(14-16-5-3-6-17(22)13-16)20(26)7-4-12-28-19-10-8-18(23)9-11-19/h3,5-6,8-11,13,15H,4,7,12,14H2,1-2H3,(H,24,27). The number of amides is 2. The Hall–Kier alpha value is -2.05. The van der Waals surface area contributed by atoms with Crippen molar-refractivity contribution >= 4 is 39.3 Å². The van der Waals surface area contributed by atoms with Gasteiger partial charge in [-0.25, -0.2) is 0 Å². The number of carbonyl (C=O) groups is 2. The van der Waals surface area contributed by atoms with Gasteiger partial charge in [0.05, 0.1) is 6.61 Å². The summed E-state index contributed by atoms with van der Waals surface area (Å²) in [7, 11) is 1.57. The average Bonchev–Trinajstić information content (AvgIpc) is 2.69. The van der Waals surface area contributed by atoms with Crippen LogP contribution in [0, 0.1) is 0 Å². The predicted octanol–water partition coefficient (Wildman–Crippen LogP) is 4.42. The van der Waals surface area contributed by atoms with Crippen LogP contribution in [0.1, 0.15) is 25.3 Å². The molecule has 2 aromatic rings. The maximum Gasteiger partial charge on any atom is 0.242 e. The summed E-state index contributed by atoms with van der Waals surface area (Å²) < 4.78 is 6.57. The van der Waals surface area contributed by atoms with Gasteiger partial charge in [0.15, 0.2) is 0 Å². The number of benzene rings is 2. The zero-order valence-electron chi connectivity index (χ0n) is 16.0. The minimum atomic E-state index is -0.561. The van der Waals surface area contributed by atoms with Gasteiger partial charge in [0.25, 0.3) is 0 Å². The lowest BCUT2D eigenvalue weighted by atomic mass is 10.1. The second kappa shape index (κ2) is 11.1. The van der Waals surface area contributed by atoms with Crippen molar-refractivity contribution in [2.45, 2.75) is 32.4 Å². The summed E-state index contributed by atoms with van der Waals surface area (Å²) in [5.41, 5.74) is 0.955. The van der Waals surface area contributed by atoms with Gasteiger partial charge in [-0.2, -0.15) is 0 Å². The van der Waals surface area contributed by atoms with E-state index in [0.29, 0.717) is 36.8 Å². The van der Waals surface area contributed by atoms with Crippen molar-refractivity contribution in [3.8, 4) is 5.75 Å². The van der Waals surface area contributed by atoms with Crippen LogP contribution in [0.4, 0.5) is 0 Å². The number of nitrogens with one attached hydrogen (secondary N) is 1. The van der Waals surface area contributed by atoms with Crippen molar-refractivity contribution in [2.24, 2.45) is 0 Å². The number of halogens is 2. The van der Waals surface area contributed by atoms with E-state index in [-0.39, 0.29) is 11.8 Å². The van der Waals surface area contributed by atoms with Gasteiger partial charge in [-0.3, -0.25) is 9.59 Å². The molecule has 2 aromatic carbocycles. The van der Waals surface area contributed by atoms with E-state index in [1.807, 2.05) is 24.3 Å². The molecule has 1 N–H and O–H groups in total. The number of hydrogen-bond donors (Lipinski definition) is 1. The largest absolute Gasteiger partial charge is 0.494 e. The number of ether oxygens (including phenoxy) is 1. The molecule has 0 heterocycles. The maximum absolute atomic E-state index is 12.8. The van der Waals surface area contributed by atoms with Crippen LogP contribution in [0.3, 0.4) is 0 Å². The van der Waals surface area contributed by atoms with Crippen molar-refractivity contribution in [1.82, 2.24) is 10.2 Å². The Labute approximate surface area is 179 Å². The van der Waals surface area contributed by atoms with Crippen molar-refractivity contribution in [3.63, 3.8) is 0 Å². The Balaban J connectivity index is 1.95. The van der Waals surface area contributed by atoms with Crippen LogP contribution in [0.5, 0.6) is 5.75 Å². The number of rotatable bonds is 9. The number of hydrogen-bond acceptors (Lipinski definition) is 3. The fraction of sp³-hybridized carbons (Fsp3) is 0.333. The summed E-state index contributed by atoms with van der Waals surface area (Å²) in [6.45, 7) is 2.51. The molecule has 0 aliphatic heterocycles. The molecule has 7 heteroatoms. The Morgan fingerprint density at radius 3 is 2.57 bits per heavy atom. The Morgan fingerprint density at radius 2 is 1.93 bits per heavy atom. The summed E-state index contributed by atoms with van der Waals surface area (Å²) in [5, 5.41) is 3.26. The van der Waals surface area contributed by atoms with Crippen LogP contribution < -0.4 is 10.1 Å². The maximum atomic E-state index is 12.8. The first kappa shape index (κ1) is 22.2. The summed E-state index contributed by atoms with van der Waals surface area (Å²) in [4.78, 5) is 26.5. The van der Waals surface area contributed by atoms with E-state index < -0.39 is 6.04 Å². The van der Waals surface area contributed by atoms with Crippen LogP contribution in [-0.4, -0.2) is 36.4 Å². The third kappa shape index (κ3) is 6.84. The van der Waals surface area contributed by atoms with Crippen LogP contribution in [0.25, 0.3) is 0 Å². The van der Waals surface area contributed by atoms with Crippen molar-refractivity contribution in [3.05, 3.63) is 63.6 Å². The third-order valence-corrected chi connectivity index (χ3v) is 5.02. The molecule has 1 atom stereocenters. The van der Waals surface area contributed by atoms with Crippen LogP contribution in [-0.2, 0) is 16.1 Å². The highest BCUT2D eigenvalue weighted by Gasteiger charge is 2.25. The van der Waals surface area contributed by atoms with Gasteiger partial charge in [-0.1, -0.05) is 39.7 Å². The Bertz CT molecular complexity index is 798. The van der Waals surface area contributed by atoms with Gasteiger partial charge in [-0.05, 0) is 55.3 Å². The van der Waals surface area contributed by atoms with Gasteiger partial charge in [0.2, 0.25) is 11.8 Å². The van der Waals surface area contributed by atoms with E-state index in [1.54, 1.807) is 43.1 Å². The summed E-state index contributed by atoms with van der Waals surface area (Å²) in [6.07, 6.45) is 0.847. The molecule has 1 unspecified atom stereocenters. The average molecular weight is 468 g/mol. The molecule has 0 aromatic heterocycles. The molecule has 0 saturated heterocycles. The lowest BCUT2D eigenvalue weighted by Gasteiger charge is -2.28. The van der Waals surface area contributed by atoms with Crippen molar-refractivity contribution in [2.75, 3.05) is 13.7 Å². The zero-order valence-corrected chi connectivity index (χ0v) is 18.3. The summed E-state index contributed by atoms with van der Waals surface area (Å²) >= 11 is 9.29. The topological polar surface area (TPSA) is 58.6 Å². The molecule has 5 nitrogen and oxygen atoms in total. The fourth-order valence-electron chi connectivity index (χ4n) is 2.71. The van der Waals surface area contributed by atoms with Gasteiger partial charge in [0.1, 0.15) is 11.8 Å². The van der Waals surface area contributed by atoms with Crippen LogP contribution in [0.2, 0.25) is 5.02 Å². The van der Waals surface area contributed by atoms with Gasteiger partial charge < -0.3 is 15.0 Å². The monoisotopic (exact) mass is 466 g/mol. The lowest BCUT2D eigenvalue weighted by molar-refractivity contribution is -0.140. The molecule has 0 radical (unpaired) electrons. The minimum absolute atomic E-state index is 0.0872. The van der Waals surface area contributed by atoms with Crippen LogP contribution >= 0.6 is 27.5 Å². The van der Waals surface area contributed by atoms with Crippen LogP contribution in [0.15, 0.2) is 53.0 Å². The molecule has 0 aliphatic carbocycles. The molecule has 0 bridgehead atoms. The lowest BCUT2D eigenvalue weighted by Crippen LogP contribution is -2.46. The van der Waals surface area contributed by atoms with E-state index in [9.17, 15) is 9.59 Å². The first-order chi connectivity index (χ1) is 13.4. The van der Waals surface area contributed by atoms with Gasteiger partial charge in [0, 0.05) is 29.5 Å². The Kier molecular flexibility index (Phi) is 8.80. The predicted molar refractivity (Wildman–Crippen MR) is 114 cm³/mol. The highest BCUT2D eigenvalue weighted by atomic mass is 79.9. The van der Waals surface area contributed by atoms with E-state index in [0.717, 1.165) is 10.0 Å². The van der Waals surface area contributed by atoms with E-state index >= 15 is 0 Å². The first-order valence-electron chi connectivity index (χ1n) is 9.04. The minimum Gasteiger partial charge on any atom is -0.494 e. The van der Waals surface area contributed by atoms with E-state index in [4.69, 9.17) is 16.3 Å².